The SMILES string of the molecule is CC1(C)c2ccccc2-c2cc(-c3cc4c5c(c3)c3ccccc3n5-c3nc5ccccc5nc3-c3ccccc3-4)ccc21. The van der Waals surface area contributed by atoms with E-state index in [0.29, 0.717) is 0 Å². The number of para-hydroxylation sites is 3. The van der Waals surface area contributed by atoms with E-state index in [4.69, 9.17) is 9.97 Å². The van der Waals surface area contributed by atoms with Crippen LogP contribution in [0.2, 0.25) is 0 Å². The molecule has 3 heteroatoms. The van der Waals surface area contributed by atoms with Crippen LogP contribution >= 0.6 is 0 Å². The highest BCUT2D eigenvalue weighted by atomic mass is 15.1. The molecule has 0 radical (unpaired) electrons. The van der Waals surface area contributed by atoms with Crippen LogP contribution < -0.4 is 0 Å². The van der Waals surface area contributed by atoms with Crippen molar-refractivity contribution in [2.24, 2.45) is 0 Å². The number of benzene rings is 6. The molecule has 0 spiro atoms. The Hall–Kier alpha value is -5.54. The summed E-state index contributed by atoms with van der Waals surface area (Å²) in [4.78, 5) is 10.5. The summed E-state index contributed by atoms with van der Waals surface area (Å²) in [7, 11) is 0. The molecule has 8 aromatic rings. The zero-order valence-corrected chi connectivity index (χ0v) is 24.5. The van der Waals surface area contributed by atoms with Gasteiger partial charge in [-0.2, -0.15) is 0 Å². The minimum atomic E-state index is -0.0139. The fourth-order valence-corrected chi connectivity index (χ4v) is 7.84. The minimum absolute atomic E-state index is 0.0139. The average Bonchev–Trinajstić information content (AvgIpc) is 3.48. The highest BCUT2D eigenvalue weighted by Crippen LogP contribution is 2.51. The molecule has 6 aromatic carbocycles. The second kappa shape index (κ2) is 8.30. The van der Waals surface area contributed by atoms with Crippen LogP contribution in [0, 0.1) is 0 Å². The van der Waals surface area contributed by atoms with Crippen LogP contribution in [0.3, 0.4) is 0 Å². The van der Waals surface area contributed by atoms with Crippen molar-refractivity contribution in [2.45, 2.75) is 19.3 Å². The predicted octanol–water partition coefficient (Wildman–Crippen LogP) is 10.3. The highest BCUT2D eigenvalue weighted by molar-refractivity contribution is 6.17. The largest absolute Gasteiger partial charge is 0.291 e. The molecule has 0 bridgehead atoms. The van der Waals surface area contributed by atoms with E-state index in [-0.39, 0.29) is 5.41 Å². The quantitative estimate of drug-likeness (QED) is 0.200. The maximum Gasteiger partial charge on any atom is 0.165 e. The predicted molar refractivity (Wildman–Crippen MR) is 181 cm³/mol. The van der Waals surface area contributed by atoms with Crippen LogP contribution in [0.25, 0.3) is 83.3 Å². The molecular formula is C41H27N3. The second-order valence-electron chi connectivity index (χ2n) is 12.6. The summed E-state index contributed by atoms with van der Waals surface area (Å²) in [5.74, 6) is 0.880. The molecule has 3 heterocycles. The molecule has 10 rings (SSSR count). The maximum absolute atomic E-state index is 5.28. The van der Waals surface area contributed by atoms with Crippen LogP contribution in [0.15, 0.2) is 127 Å². The third kappa shape index (κ3) is 3.01. The molecule has 0 N–H and O–H groups in total. The first-order chi connectivity index (χ1) is 21.6. The van der Waals surface area contributed by atoms with Crippen LogP contribution in [-0.2, 0) is 5.41 Å². The Morgan fingerprint density at radius 2 is 1.16 bits per heavy atom. The van der Waals surface area contributed by atoms with Gasteiger partial charge in [0.1, 0.15) is 5.69 Å². The Labute approximate surface area is 255 Å². The summed E-state index contributed by atoms with van der Waals surface area (Å²) in [6.45, 7) is 4.68. The molecule has 206 valence electrons. The fourth-order valence-electron chi connectivity index (χ4n) is 7.84. The third-order valence-corrected chi connectivity index (χ3v) is 9.92. The molecule has 1 aliphatic carbocycles. The molecule has 0 amide bonds. The topological polar surface area (TPSA) is 30.7 Å². The van der Waals surface area contributed by atoms with Gasteiger partial charge >= 0.3 is 0 Å². The standard InChI is InChI=1S/C41H27N3/c1-41(2)33-15-7-5-12-27(33)30-21-24(19-20-34(30)41)25-22-31-26-11-3-4-14-29(26)38-40(43-36-17-9-8-16-35(36)42-38)44-37-18-10-6-13-28(37)32(23-25)39(31)44/h3-23H,1-2H3. The Kier molecular flexibility index (Phi) is 4.52. The zero-order valence-electron chi connectivity index (χ0n) is 24.5. The average molecular weight is 562 g/mol. The van der Waals surface area contributed by atoms with Gasteiger partial charge in [-0.15, -0.1) is 0 Å². The van der Waals surface area contributed by atoms with E-state index in [1.807, 2.05) is 12.1 Å². The zero-order chi connectivity index (χ0) is 29.2. The number of hydrogen-bond donors (Lipinski definition) is 0. The number of fused-ring (bicyclic) bond motifs is 12. The first kappa shape index (κ1) is 24.0. The number of hydrogen-bond acceptors (Lipinski definition) is 2. The lowest BCUT2D eigenvalue weighted by molar-refractivity contribution is 0.660. The lowest BCUT2D eigenvalue weighted by atomic mass is 9.82. The summed E-state index contributed by atoms with van der Waals surface area (Å²) in [5, 5.41) is 2.45. The van der Waals surface area contributed by atoms with E-state index < -0.39 is 0 Å². The van der Waals surface area contributed by atoms with E-state index in [2.05, 4.69) is 134 Å². The van der Waals surface area contributed by atoms with Gasteiger partial charge < -0.3 is 0 Å². The second-order valence-corrected chi connectivity index (χ2v) is 12.6. The number of rotatable bonds is 1. The summed E-state index contributed by atoms with van der Waals surface area (Å²) in [5.41, 5.74) is 16.4. The smallest absolute Gasteiger partial charge is 0.165 e. The van der Waals surface area contributed by atoms with Crippen LogP contribution in [0.1, 0.15) is 25.0 Å². The van der Waals surface area contributed by atoms with Gasteiger partial charge in [-0.25, -0.2) is 9.97 Å². The minimum Gasteiger partial charge on any atom is -0.291 e. The van der Waals surface area contributed by atoms with E-state index in [9.17, 15) is 0 Å². The molecule has 0 unspecified atom stereocenters. The van der Waals surface area contributed by atoms with Crippen molar-refractivity contribution in [3.05, 3.63) is 139 Å². The number of nitrogens with zero attached hydrogens (tertiary/aromatic N) is 3. The van der Waals surface area contributed by atoms with Gasteiger partial charge in [0.25, 0.3) is 0 Å². The summed E-state index contributed by atoms with van der Waals surface area (Å²) in [6, 6.07) is 46.3. The van der Waals surface area contributed by atoms with Gasteiger partial charge in [0.2, 0.25) is 0 Å². The lowest BCUT2D eigenvalue weighted by Gasteiger charge is -2.21. The van der Waals surface area contributed by atoms with Crippen LogP contribution in [0.5, 0.6) is 0 Å². The van der Waals surface area contributed by atoms with Crippen molar-refractivity contribution in [1.29, 1.82) is 0 Å². The van der Waals surface area contributed by atoms with Crippen molar-refractivity contribution >= 4 is 32.8 Å². The molecule has 3 nitrogen and oxygen atoms in total. The number of aromatic nitrogens is 3. The fraction of sp³-hybridized carbons (Fsp3) is 0.0732. The maximum atomic E-state index is 5.28. The van der Waals surface area contributed by atoms with Crippen molar-refractivity contribution in [1.82, 2.24) is 14.5 Å². The van der Waals surface area contributed by atoms with Gasteiger partial charge in [0.05, 0.1) is 22.1 Å². The van der Waals surface area contributed by atoms with Crippen molar-refractivity contribution in [3.8, 4) is 50.5 Å². The van der Waals surface area contributed by atoms with Gasteiger partial charge in [-0.3, -0.25) is 4.57 Å². The van der Waals surface area contributed by atoms with Gasteiger partial charge in [-0.1, -0.05) is 105 Å². The van der Waals surface area contributed by atoms with E-state index in [1.54, 1.807) is 0 Å². The molecule has 1 aliphatic heterocycles. The molecule has 0 saturated heterocycles. The Morgan fingerprint density at radius 3 is 2.02 bits per heavy atom. The van der Waals surface area contributed by atoms with Gasteiger partial charge in [0, 0.05) is 27.3 Å². The van der Waals surface area contributed by atoms with Crippen LogP contribution in [-0.4, -0.2) is 14.5 Å². The molecule has 2 aromatic heterocycles. The van der Waals surface area contributed by atoms with Crippen LogP contribution in [0.4, 0.5) is 0 Å². The van der Waals surface area contributed by atoms with E-state index in [1.165, 1.54) is 60.8 Å². The Balaban J connectivity index is 1.32. The molecule has 2 aliphatic rings. The Morgan fingerprint density at radius 1 is 0.500 bits per heavy atom. The molecule has 0 atom stereocenters. The molecule has 0 fully saturated rings. The monoisotopic (exact) mass is 561 g/mol. The summed E-state index contributed by atoms with van der Waals surface area (Å²) < 4.78 is 2.35. The van der Waals surface area contributed by atoms with Crippen molar-refractivity contribution in [3.63, 3.8) is 0 Å². The Bertz CT molecular complexity index is 2530. The lowest BCUT2D eigenvalue weighted by Crippen LogP contribution is -2.14. The van der Waals surface area contributed by atoms with Crippen molar-refractivity contribution in [2.75, 3.05) is 0 Å². The molecule has 0 saturated carbocycles. The van der Waals surface area contributed by atoms with Gasteiger partial charge in [0.15, 0.2) is 5.82 Å². The molecular weight excluding hydrogens is 534 g/mol. The third-order valence-electron chi connectivity index (χ3n) is 9.92. The van der Waals surface area contributed by atoms with E-state index in [0.717, 1.165) is 33.6 Å². The van der Waals surface area contributed by atoms with Gasteiger partial charge in [-0.05, 0) is 75.3 Å². The summed E-state index contributed by atoms with van der Waals surface area (Å²) >= 11 is 0. The summed E-state index contributed by atoms with van der Waals surface area (Å²) in [6.07, 6.45) is 0. The first-order valence-corrected chi connectivity index (χ1v) is 15.3. The highest BCUT2D eigenvalue weighted by Gasteiger charge is 2.35. The first-order valence-electron chi connectivity index (χ1n) is 15.3. The van der Waals surface area contributed by atoms with E-state index >= 15 is 0 Å². The van der Waals surface area contributed by atoms with Crippen molar-refractivity contribution < 1.29 is 0 Å². The normalized spacial score (nSPS) is 13.9. The molecule has 44 heavy (non-hydrogen) atoms.